The molecule has 2 aliphatic heterocycles. The Morgan fingerprint density at radius 1 is 0.857 bits per heavy atom. The number of rotatable bonds is 1. The number of fused-ring (bicyclic) bond motifs is 6. The highest BCUT2D eigenvalue weighted by Crippen LogP contribution is 2.57. The Morgan fingerprint density at radius 3 is 2.11 bits per heavy atom. The van der Waals surface area contributed by atoms with Crippen LogP contribution in [0.1, 0.15) is 27.0 Å². The Bertz CT molecular complexity index is 1170. The van der Waals surface area contributed by atoms with Crippen molar-refractivity contribution in [2.45, 2.75) is 5.60 Å². The Kier molecular flexibility index (Phi) is 3.14. The largest absolute Gasteiger partial charge is 0.508 e. The van der Waals surface area contributed by atoms with Crippen LogP contribution in [0.15, 0.2) is 59.6 Å². The van der Waals surface area contributed by atoms with Crippen molar-refractivity contribution >= 4 is 17.7 Å². The number of hydrogen-bond acceptors (Lipinski definition) is 7. The van der Waals surface area contributed by atoms with Crippen LogP contribution in [0.4, 0.5) is 5.69 Å². The maximum absolute atomic E-state index is 12.7. The van der Waals surface area contributed by atoms with Gasteiger partial charge >= 0.3 is 5.97 Å². The van der Waals surface area contributed by atoms with E-state index in [0.29, 0.717) is 27.9 Å². The molecule has 2 heterocycles. The van der Waals surface area contributed by atoms with Crippen LogP contribution in [-0.2, 0) is 15.1 Å². The van der Waals surface area contributed by atoms with Gasteiger partial charge in [0.05, 0.1) is 11.3 Å². The lowest BCUT2D eigenvalue weighted by Gasteiger charge is -2.36. The predicted octanol–water partition coefficient (Wildman–Crippen LogP) is 3.63. The van der Waals surface area contributed by atoms with E-state index in [1.165, 1.54) is 42.5 Å². The van der Waals surface area contributed by atoms with E-state index >= 15 is 0 Å². The second kappa shape index (κ2) is 5.45. The highest BCUT2D eigenvalue weighted by molar-refractivity contribution is 5.97. The molecule has 5 rings (SSSR count). The molecular formula is C21H11NO6. The Hall–Kier alpha value is -4.09. The van der Waals surface area contributed by atoms with Gasteiger partial charge in [-0.15, -0.1) is 0 Å². The van der Waals surface area contributed by atoms with Gasteiger partial charge in [-0.1, -0.05) is 0 Å². The number of aromatic hydroxyl groups is 2. The van der Waals surface area contributed by atoms with Crippen molar-refractivity contribution in [2.75, 3.05) is 0 Å². The lowest BCUT2D eigenvalue weighted by atomic mass is 9.77. The number of hydrogen-bond donors (Lipinski definition) is 2. The number of benzene rings is 3. The second-order valence-electron chi connectivity index (χ2n) is 6.47. The van der Waals surface area contributed by atoms with E-state index in [4.69, 9.17) is 9.47 Å². The zero-order valence-corrected chi connectivity index (χ0v) is 14.2. The highest BCUT2D eigenvalue weighted by atomic mass is 16.6. The number of carbonyl (C=O) groups is 1. The van der Waals surface area contributed by atoms with Crippen LogP contribution in [0.25, 0.3) is 0 Å². The molecule has 0 aliphatic carbocycles. The first-order valence-corrected chi connectivity index (χ1v) is 8.33. The van der Waals surface area contributed by atoms with Gasteiger partial charge in [0, 0.05) is 28.8 Å². The fourth-order valence-corrected chi connectivity index (χ4v) is 3.81. The van der Waals surface area contributed by atoms with Gasteiger partial charge in [0.25, 0.3) is 0 Å². The number of phenols is 2. The van der Waals surface area contributed by atoms with Crippen molar-refractivity contribution < 1.29 is 29.3 Å². The quantitative estimate of drug-likeness (QED) is 0.383. The molecule has 0 amide bonds. The van der Waals surface area contributed by atoms with Crippen LogP contribution >= 0.6 is 0 Å². The molecule has 0 radical (unpaired) electrons. The van der Waals surface area contributed by atoms with E-state index in [9.17, 15) is 19.8 Å². The minimum absolute atomic E-state index is 0.0265. The molecule has 1 spiro atoms. The van der Waals surface area contributed by atoms with Crippen LogP contribution in [0, 0.1) is 0 Å². The highest BCUT2D eigenvalue weighted by Gasteiger charge is 2.53. The normalized spacial score (nSPS) is 14.9. The summed E-state index contributed by atoms with van der Waals surface area (Å²) in [6, 6.07) is 13.6. The Labute approximate surface area is 158 Å². The Morgan fingerprint density at radius 2 is 1.50 bits per heavy atom. The van der Waals surface area contributed by atoms with E-state index in [2.05, 4.69) is 4.99 Å². The van der Waals surface area contributed by atoms with E-state index in [1.807, 2.05) is 0 Å². The van der Waals surface area contributed by atoms with Gasteiger partial charge < -0.3 is 19.7 Å². The van der Waals surface area contributed by atoms with Gasteiger partial charge in [-0.05, 0) is 42.5 Å². The van der Waals surface area contributed by atoms with Crippen molar-refractivity contribution in [1.29, 1.82) is 0 Å². The smallest absolute Gasteiger partial charge is 0.340 e. The van der Waals surface area contributed by atoms with Gasteiger partial charge in [0.15, 0.2) is 5.60 Å². The molecule has 0 atom stereocenters. The summed E-state index contributed by atoms with van der Waals surface area (Å²) in [5.74, 6) is -0.0367. The monoisotopic (exact) mass is 373 g/mol. The molecule has 7 nitrogen and oxygen atoms in total. The minimum Gasteiger partial charge on any atom is -0.508 e. The molecule has 0 bridgehead atoms. The molecule has 0 fully saturated rings. The third kappa shape index (κ3) is 2.02. The maximum atomic E-state index is 12.7. The van der Waals surface area contributed by atoms with E-state index < -0.39 is 11.6 Å². The predicted molar refractivity (Wildman–Crippen MR) is 95.8 cm³/mol. The summed E-state index contributed by atoms with van der Waals surface area (Å²) >= 11 is 0. The number of ether oxygens (including phenoxy) is 2. The molecular weight excluding hydrogens is 362 g/mol. The van der Waals surface area contributed by atoms with Crippen LogP contribution in [0.3, 0.4) is 0 Å². The number of esters is 1. The number of isocyanates is 1. The number of nitrogens with zero attached hydrogens (tertiary/aromatic N) is 1. The fraction of sp³-hybridized carbons (Fsp3) is 0.0476. The number of phenolic OH excluding ortho intramolecular Hbond substituents is 2. The minimum atomic E-state index is -1.37. The summed E-state index contributed by atoms with van der Waals surface area (Å²) in [6.45, 7) is 0. The van der Waals surface area contributed by atoms with Crippen molar-refractivity contribution in [2.24, 2.45) is 4.99 Å². The molecule has 0 saturated carbocycles. The summed E-state index contributed by atoms with van der Waals surface area (Å²) in [6.07, 6.45) is 1.49. The third-order valence-corrected chi connectivity index (χ3v) is 4.93. The van der Waals surface area contributed by atoms with Gasteiger partial charge in [0.2, 0.25) is 6.08 Å². The standard InChI is InChI=1S/C21H11NO6/c23-10-22-11-1-4-14-17(7-11)21(28-20(14)26)15-5-2-12(24)8-18(15)27-19-9-13(25)3-6-16(19)21/h1-9,24-25H. The van der Waals surface area contributed by atoms with Gasteiger partial charge in [-0.25, -0.2) is 9.59 Å². The average Bonchev–Trinajstić information content (AvgIpc) is 2.94. The summed E-state index contributed by atoms with van der Waals surface area (Å²) in [5.41, 5.74) is 0.760. The first-order chi connectivity index (χ1) is 13.5. The molecule has 0 aromatic heterocycles. The van der Waals surface area contributed by atoms with E-state index in [1.54, 1.807) is 18.2 Å². The van der Waals surface area contributed by atoms with Crippen LogP contribution < -0.4 is 4.74 Å². The van der Waals surface area contributed by atoms with Gasteiger partial charge in [0.1, 0.15) is 23.0 Å². The maximum Gasteiger partial charge on any atom is 0.340 e. The van der Waals surface area contributed by atoms with Crippen LogP contribution in [0.5, 0.6) is 23.0 Å². The molecule has 2 N–H and O–H groups in total. The van der Waals surface area contributed by atoms with Crippen LogP contribution in [-0.4, -0.2) is 22.3 Å². The molecule has 3 aromatic rings. The molecule has 0 saturated heterocycles. The number of aliphatic imine (C=N–C) groups is 1. The zero-order chi connectivity index (χ0) is 19.5. The van der Waals surface area contributed by atoms with Crippen LogP contribution in [0.2, 0.25) is 0 Å². The molecule has 3 aromatic carbocycles. The SMILES string of the molecule is O=C=Nc1ccc2c(c1)C1(OC2=O)c2ccc(O)cc2Oc2cc(O)ccc21. The van der Waals surface area contributed by atoms with E-state index in [0.717, 1.165) is 0 Å². The first-order valence-electron chi connectivity index (χ1n) is 8.33. The lowest BCUT2D eigenvalue weighted by molar-refractivity contribution is 0.0224. The van der Waals surface area contributed by atoms with Crippen molar-refractivity contribution in [3.8, 4) is 23.0 Å². The zero-order valence-electron chi connectivity index (χ0n) is 14.2. The van der Waals surface area contributed by atoms with Crippen molar-refractivity contribution in [3.05, 3.63) is 76.9 Å². The second-order valence-corrected chi connectivity index (χ2v) is 6.47. The molecule has 136 valence electrons. The Balaban J connectivity index is 1.90. The topological polar surface area (TPSA) is 105 Å². The average molecular weight is 373 g/mol. The molecule has 0 unspecified atom stereocenters. The third-order valence-electron chi connectivity index (χ3n) is 4.93. The van der Waals surface area contributed by atoms with E-state index in [-0.39, 0.29) is 23.0 Å². The number of carbonyl (C=O) groups excluding carboxylic acids is 2. The summed E-state index contributed by atoms with van der Waals surface area (Å²) in [7, 11) is 0. The molecule has 2 aliphatic rings. The summed E-state index contributed by atoms with van der Waals surface area (Å²) < 4.78 is 11.8. The molecule has 7 heteroatoms. The van der Waals surface area contributed by atoms with Crippen molar-refractivity contribution in [3.63, 3.8) is 0 Å². The summed E-state index contributed by atoms with van der Waals surface area (Å²) in [4.78, 5) is 27.0. The summed E-state index contributed by atoms with van der Waals surface area (Å²) in [5, 5.41) is 19.8. The lowest BCUT2D eigenvalue weighted by Crippen LogP contribution is -2.32. The van der Waals surface area contributed by atoms with Gasteiger partial charge in [-0.3, -0.25) is 0 Å². The first kappa shape index (κ1) is 16.1. The fourth-order valence-electron chi connectivity index (χ4n) is 3.81. The molecule has 28 heavy (non-hydrogen) atoms. The van der Waals surface area contributed by atoms with Gasteiger partial charge in [-0.2, -0.15) is 4.99 Å². The van der Waals surface area contributed by atoms with Crippen molar-refractivity contribution in [1.82, 2.24) is 0 Å².